The molecule has 1 fully saturated rings. The second kappa shape index (κ2) is 9.79. The number of aliphatic hydroxyl groups excluding tert-OH is 1. The molecule has 2 unspecified atom stereocenters. The summed E-state index contributed by atoms with van der Waals surface area (Å²) < 4.78 is 5.64. The van der Waals surface area contributed by atoms with Crippen molar-refractivity contribution in [1.82, 2.24) is 9.80 Å². The van der Waals surface area contributed by atoms with Crippen molar-refractivity contribution in [3.05, 3.63) is 30.3 Å². The largest absolute Gasteiger partial charge is 0.491 e. The van der Waals surface area contributed by atoms with Crippen molar-refractivity contribution in [3.8, 4) is 5.75 Å². The van der Waals surface area contributed by atoms with Gasteiger partial charge in [-0.3, -0.25) is 9.69 Å². The van der Waals surface area contributed by atoms with Crippen LogP contribution in [0.2, 0.25) is 0 Å². The number of amides is 1. The number of likely N-dealkylation sites (tertiary alicyclic amines) is 1. The number of para-hydroxylation sites is 1. The SMILES string of the molecule is CC(C)CC1(C)N=C(N)N(CC2CCN(CC(O)COc3ccccc3)CC2)C1=O. The standard InChI is InChI=1S/C23H36N4O3/c1-17(2)13-23(3)21(29)27(22(24)25-23)14-18-9-11-26(12-10-18)15-19(28)16-30-20-7-5-4-6-8-20/h4-8,17-19,28H,9-16H2,1-3H3,(H2,24,25). The first kappa shape index (κ1) is 22.6. The minimum Gasteiger partial charge on any atom is -0.491 e. The van der Waals surface area contributed by atoms with Gasteiger partial charge in [0.05, 0.1) is 0 Å². The number of rotatable bonds is 9. The van der Waals surface area contributed by atoms with E-state index in [1.165, 1.54) is 0 Å². The number of ether oxygens (including phenoxy) is 1. The van der Waals surface area contributed by atoms with Crippen LogP contribution < -0.4 is 10.5 Å². The molecule has 0 aromatic heterocycles. The number of piperidine rings is 1. The highest BCUT2D eigenvalue weighted by Gasteiger charge is 2.44. The van der Waals surface area contributed by atoms with E-state index < -0.39 is 11.6 Å². The molecule has 166 valence electrons. The smallest absolute Gasteiger partial charge is 0.257 e. The zero-order chi connectivity index (χ0) is 21.7. The monoisotopic (exact) mass is 416 g/mol. The van der Waals surface area contributed by atoms with Gasteiger partial charge in [-0.05, 0) is 63.2 Å². The number of β-amino-alcohol motifs (C(OH)–C–C–N with tert-alkyl or cyclic N) is 1. The normalized spacial score (nSPS) is 24.4. The van der Waals surface area contributed by atoms with E-state index in [0.717, 1.165) is 31.7 Å². The van der Waals surface area contributed by atoms with E-state index >= 15 is 0 Å². The first-order chi connectivity index (χ1) is 14.3. The molecule has 0 radical (unpaired) electrons. The summed E-state index contributed by atoms with van der Waals surface area (Å²) in [6.07, 6.45) is 2.14. The van der Waals surface area contributed by atoms with Gasteiger partial charge >= 0.3 is 0 Å². The Balaban J connectivity index is 1.41. The zero-order valence-electron chi connectivity index (χ0n) is 18.5. The Morgan fingerprint density at radius 3 is 2.57 bits per heavy atom. The van der Waals surface area contributed by atoms with Gasteiger partial charge in [-0.15, -0.1) is 0 Å². The Labute approximate surface area is 179 Å². The Morgan fingerprint density at radius 2 is 1.93 bits per heavy atom. The molecule has 0 aliphatic carbocycles. The van der Waals surface area contributed by atoms with Gasteiger partial charge in [0, 0.05) is 13.1 Å². The summed E-state index contributed by atoms with van der Waals surface area (Å²) in [6, 6.07) is 9.55. The lowest BCUT2D eigenvalue weighted by Crippen LogP contribution is -2.48. The molecule has 3 N–H and O–H groups in total. The molecule has 7 nitrogen and oxygen atoms in total. The van der Waals surface area contributed by atoms with Crippen LogP contribution in [0.3, 0.4) is 0 Å². The number of benzene rings is 1. The maximum atomic E-state index is 12.9. The fourth-order valence-electron chi connectivity index (χ4n) is 4.53. The van der Waals surface area contributed by atoms with Crippen LogP contribution in [0.25, 0.3) is 0 Å². The molecule has 1 saturated heterocycles. The van der Waals surface area contributed by atoms with Gasteiger partial charge in [-0.1, -0.05) is 32.0 Å². The van der Waals surface area contributed by atoms with Crippen LogP contribution in [-0.4, -0.2) is 71.2 Å². The molecule has 2 atom stereocenters. The van der Waals surface area contributed by atoms with Crippen LogP contribution >= 0.6 is 0 Å². The number of aliphatic hydroxyl groups is 1. The van der Waals surface area contributed by atoms with Gasteiger partial charge in [0.1, 0.15) is 24.0 Å². The molecule has 2 aliphatic heterocycles. The van der Waals surface area contributed by atoms with Crippen molar-refractivity contribution < 1.29 is 14.6 Å². The van der Waals surface area contributed by atoms with Gasteiger partial charge in [0.15, 0.2) is 5.96 Å². The highest BCUT2D eigenvalue weighted by molar-refractivity contribution is 6.06. The number of hydrogen-bond acceptors (Lipinski definition) is 6. The van der Waals surface area contributed by atoms with Gasteiger partial charge in [0.2, 0.25) is 0 Å². The molecular weight excluding hydrogens is 380 g/mol. The Hall–Kier alpha value is -2.12. The molecule has 0 saturated carbocycles. The van der Waals surface area contributed by atoms with Crippen LogP contribution in [0, 0.1) is 11.8 Å². The lowest BCUT2D eigenvalue weighted by molar-refractivity contribution is -0.131. The molecule has 0 bridgehead atoms. The van der Waals surface area contributed by atoms with Crippen LogP contribution in [0.1, 0.15) is 40.0 Å². The summed E-state index contributed by atoms with van der Waals surface area (Å²) in [6.45, 7) is 9.40. The van der Waals surface area contributed by atoms with E-state index in [0.29, 0.717) is 37.3 Å². The lowest BCUT2D eigenvalue weighted by atomic mass is 9.90. The summed E-state index contributed by atoms with van der Waals surface area (Å²) in [5.41, 5.74) is 5.39. The molecule has 1 aromatic rings. The second-order valence-corrected chi connectivity index (χ2v) is 9.28. The number of hydrogen-bond donors (Lipinski definition) is 2. The Morgan fingerprint density at radius 1 is 1.27 bits per heavy atom. The molecule has 7 heteroatoms. The fourth-order valence-corrected chi connectivity index (χ4v) is 4.53. The first-order valence-electron chi connectivity index (χ1n) is 11.0. The minimum absolute atomic E-state index is 0.0320. The van der Waals surface area contributed by atoms with Crippen LogP contribution in [-0.2, 0) is 4.79 Å². The number of aliphatic imine (C=N–C) groups is 1. The average Bonchev–Trinajstić information content (AvgIpc) is 2.90. The molecule has 1 amide bonds. The van der Waals surface area contributed by atoms with Crippen molar-refractivity contribution in [2.45, 2.75) is 51.7 Å². The van der Waals surface area contributed by atoms with Crippen LogP contribution in [0.5, 0.6) is 5.75 Å². The second-order valence-electron chi connectivity index (χ2n) is 9.28. The van der Waals surface area contributed by atoms with Crippen molar-refractivity contribution in [2.75, 3.05) is 32.8 Å². The summed E-state index contributed by atoms with van der Waals surface area (Å²) in [5, 5.41) is 10.3. The predicted molar refractivity (Wildman–Crippen MR) is 118 cm³/mol. The minimum atomic E-state index is -0.720. The maximum absolute atomic E-state index is 12.9. The topological polar surface area (TPSA) is 91.4 Å². The van der Waals surface area contributed by atoms with E-state index in [1.54, 1.807) is 4.90 Å². The van der Waals surface area contributed by atoms with Crippen molar-refractivity contribution in [1.29, 1.82) is 0 Å². The van der Waals surface area contributed by atoms with Crippen LogP contribution in [0.15, 0.2) is 35.3 Å². The number of nitrogens with zero attached hydrogens (tertiary/aromatic N) is 3. The molecule has 0 spiro atoms. The average molecular weight is 417 g/mol. The van der Waals surface area contributed by atoms with Crippen molar-refractivity contribution in [3.63, 3.8) is 0 Å². The Bertz CT molecular complexity index is 731. The maximum Gasteiger partial charge on any atom is 0.257 e. The molecule has 2 aliphatic rings. The summed E-state index contributed by atoms with van der Waals surface area (Å²) in [7, 11) is 0. The van der Waals surface area contributed by atoms with Crippen LogP contribution in [0.4, 0.5) is 0 Å². The number of carbonyl (C=O) groups excluding carboxylic acids is 1. The third-order valence-corrected chi connectivity index (χ3v) is 5.95. The van der Waals surface area contributed by atoms with Gasteiger partial charge in [-0.2, -0.15) is 0 Å². The fraction of sp³-hybridized carbons (Fsp3) is 0.652. The van der Waals surface area contributed by atoms with E-state index in [9.17, 15) is 9.90 Å². The summed E-state index contributed by atoms with van der Waals surface area (Å²) in [5.74, 6) is 1.95. The highest BCUT2D eigenvalue weighted by atomic mass is 16.5. The highest BCUT2D eigenvalue weighted by Crippen LogP contribution is 2.30. The zero-order valence-corrected chi connectivity index (χ0v) is 18.5. The van der Waals surface area contributed by atoms with E-state index in [2.05, 4.69) is 23.7 Å². The van der Waals surface area contributed by atoms with Gasteiger partial charge in [0.25, 0.3) is 5.91 Å². The molecule has 3 rings (SSSR count). The van der Waals surface area contributed by atoms with Crippen molar-refractivity contribution >= 4 is 11.9 Å². The number of nitrogens with two attached hydrogens (primary N) is 1. The molecule has 30 heavy (non-hydrogen) atoms. The summed E-state index contributed by atoms with van der Waals surface area (Å²) in [4.78, 5) is 21.4. The first-order valence-corrected chi connectivity index (χ1v) is 11.0. The Kier molecular flexibility index (Phi) is 7.36. The van der Waals surface area contributed by atoms with E-state index in [4.69, 9.17) is 10.5 Å². The van der Waals surface area contributed by atoms with Gasteiger partial charge in [-0.25, -0.2) is 4.99 Å². The number of carbonyl (C=O) groups is 1. The third-order valence-electron chi connectivity index (χ3n) is 5.95. The molecule has 2 heterocycles. The molecular formula is C23H36N4O3. The molecule has 1 aromatic carbocycles. The quantitative estimate of drug-likeness (QED) is 0.643. The van der Waals surface area contributed by atoms with Crippen molar-refractivity contribution in [2.24, 2.45) is 22.6 Å². The van der Waals surface area contributed by atoms with E-state index in [1.807, 2.05) is 37.3 Å². The predicted octanol–water partition coefficient (Wildman–Crippen LogP) is 2.10. The van der Waals surface area contributed by atoms with Gasteiger partial charge < -0.3 is 20.5 Å². The lowest BCUT2D eigenvalue weighted by Gasteiger charge is -2.35. The summed E-state index contributed by atoms with van der Waals surface area (Å²) >= 11 is 0. The third kappa shape index (κ3) is 5.73. The van der Waals surface area contributed by atoms with E-state index in [-0.39, 0.29) is 12.5 Å². The number of guanidine groups is 1.